The lowest BCUT2D eigenvalue weighted by Crippen LogP contribution is -2.44. The van der Waals surface area contributed by atoms with E-state index < -0.39 is 10.7 Å². The first-order valence-electron chi connectivity index (χ1n) is 5.89. The molecule has 1 heterocycles. The number of hydrogen-bond acceptors (Lipinski definition) is 5. The summed E-state index contributed by atoms with van der Waals surface area (Å²) in [5.41, 5.74) is -0.332. The summed E-state index contributed by atoms with van der Waals surface area (Å²) < 4.78 is 5.13. The van der Waals surface area contributed by atoms with E-state index in [4.69, 9.17) is 4.74 Å². The van der Waals surface area contributed by atoms with Gasteiger partial charge in [-0.1, -0.05) is 6.92 Å². The Morgan fingerprint density at radius 1 is 1.58 bits per heavy atom. The zero-order chi connectivity index (χ0) is 14.5. The van der Waals surface area contributed by atoms with Crippen molar-refractivity contribution in [3.63, 3.8) is 0 Å². The van der Waals surface area contributed by atoms with Crippen LogP contribution in [0.4, 0.5) is 5.82 Å². The summed E-state index contributed by atoms with van der Waals surface area (Å²) in [6, 6.07) is 2.92. The number of nitrogens with one attached hydrogen (secondary N) is 1. The van der Waals surface area contributed by atoms with Gasteiger partial charge < -0.3 is 20.2 Å². The Morgan fingerprint density at radius 3 is 2.84 bits per heavy atom. The molecule has 104 valence electrons. The Balaban J connectivity index is 2.63. The van der Waals surface area contributed by atoms with Crippen molar-refractivity contribution in [1.82, 2.24) is 10.3 Å². The smallest absolute Gasteiger partial charge is 0.406 e. The molecule has 1 amide bonds. The highest BCUT2D eigenvalue weighted by molar-refractivity contribution is 5.78. The van der Waals surface area contributed by atoms with Crippen molar-refractivity contribution in [3.05, 3.63) is 28.4 Å². The lowest BCUT2D eigenvalue weighted by atomic mass is 10.0. The van der Waals surface area contributed by atoms with Crippen molar-refractivity contribution in [2.24, 2.45) is 0 Å². The fraction of sp³-hybridized carbons (Fsp3) is 0.500. The van der Waals surface area contributed by atoms with E-state index in [0.29, 0.717) is 0 Å². The third kappa shape index (κ3) is 4.53. The van der Waals surface area contributed by atoms with Crippen LogP contribution in [0.3, 0.4) is 0 Å². The van der Waals surface area contributed by atoms with Gasteiger partial charge in [0.05, 0.1) is 0 Å². The first-order valence-corrected chi connectivity index (χ1v) is 5.89. The van der Waals surface area contributed by atoms with Crippen molar-refractivity contribution in [2.75, 3.05) is 6.61 Å². The van der Waals surface area contributed by atoms with Crippen LogP contribution >= 0.6 is 0 Å². The zero-order valence-electron chi connectivity index (χ0n) is 11.2. The number of rotatable bonds is 6. The van der Waals surface area contributed by atoms with E-state index in [1.807, 2.05) is 20.8 Å². The largest absolute Gasteiger partial charge is 0.476 e. The number of hydrogen-bond donors (Lipinski definition) is 1. The zero-order valence-corrected chi connectivity index (χ0v) is 11.2. The maximum atomic E-state index is 11.6. The van der Waals surface area contributed by atoms with Crippen LogP contribution in [0.1, 0.15) is 27.2 Å². The van der Waals surface area contributed by atoms with E-state index in [9.17, 15) is 14.9 Å². The predicted octanol–water partition coefficient (Wildman–Crippen LogP) is 1.67. The number of carbonyl (C=O) groups excluding carboxylic acids is 1. The number of nitro groups is 1. The molecule has 0 aliphatic carbocycles. The second-order valence-corrected chi connectivity index (χ2v) is 4.66. The van der Waals surface area contributed by atoms with Crippen LogP contribution in [-0.4, -0.2) is 28.0 Å². The summed E-state index contributed by atoms with van der Waals surface area (Å²) in [7, 11) is 0. The summed E-state index contributed by atoms with van der Waals surface area (Å²) in [5, 5.41) is 13.5. The van der Waals surface area contributed by atoms with Crippen molar-refractivity contribution in [1.29, 1.82) is 0 Å². The summed E-state index contributed by atoms with van der Waals surface area (Å²) in [6.07, 6.45) is 2.07. The lowest BCUT2D eigenvalue weighted by molar-refractivity contribution is -0.390. The van der Waals surface area contributed by atoms with Crippen molar-refractivity contribution < 1.29 is 14.5 Å². The number of ether oxygens (including phenoxy) is 1. The highest BCUT2D eigenvalue weighted by atomic mass is 16.6. The topological polar surface area (TPSA) is 94.4 Å². The lowest BCUT2D eigenvalue weighted by Gasteiger charge is -2.24. The number of pyridine rings is 1. The molecule has 0 unspecified atom stereocenters. The summed E-state index contributed by atoms with van der Waals surface area (Å²) in [5.74, 6) is -0.744. The van der Waals surface area contributed by atoms with Gasteiger partial charge in [0.25, 0.3) is 5.91 Å². The van der Waals surface area contributed by atoms with E-state index in [-0.39, 0.29) is 23.8 Å². The molecule has 1 aromatic rings. The van der Waals surface area contributed by atoms with Crippen LogP contribution in [0.2, 0.25) is 0 Å². The number of carbonyl (C=O) groups is 1. The SMILES string of the molecule is CCC(C)(C)NC(=O)COc1cccnc1[N+](=O)[O-]. The molecule has 0 saturated heterocycles. The van der Waals surface area contributed by atoms with Gasteiger partial charge in [0.15, 0.2) is 6.61 Å². The van der Waals surface area contributed by atoms with E-state index in [1.165, 1.54) is 18.3 Å². The predicted molar refractivity (Wildman–Crippen MR) is 68.9 cm³/mol. The first kappa shape index (κ1) is 14.9. The molecule has 0 fully saturated rings. The fourth-order valence-corrected chi connectivity index (χ4v) is 1.28. The van der Waals surface area contributed by atoms with Crippen LogP contribution in [-0.2, 0) is 4.79 Å². The molecule has 0 saturated carbocycles. The molecule has 0 aliphatic heterocycles. The van der Waals surface area contributed by atoms with Gasteiger partial charge in [-0.05, 0) is 42.3 Å². The summed E-state index contributed by atoms with van der Waals surface area (Å²) in [4.78, 5) is 25.3. The molecule has 1 N–H and O–H groups in total. The number of aromatic nitrogens is 1. The Kier molecular flexibility index (Phi) is 4.80. The van der Waals surface area contributed by atoms with Crippen LogP contribution in [0.5, 0.6) is 5.75 Å². The molecular weight excluding hydrogens is 250 g/mol. The van der Waals surface area contributed by atoms with Gasteiger partial charge in [0.1, 0.15) is 6.20 Å². The minimum atomic E-state index is -0.650. The van der Waals surface area contributed by atoms with Crippen molar-refractivity contribution in [3.8, 4) is 5.75 Å². The van der Waals surface area contributed by atoms with Crippen LogP contribution < -0.4 is 10.1 Å². The van der Waals surface area contributed by atoms with Gasteiger partial charge in [0, 0.05) is 5.54 Å². The Bertz CT molecular complexity index is 474. The van der Waals surface area contributed by atoms with Gasteiger partial charge in [-0.15, -0.1) is 0 Å². The molecule has 0 bridgehead atoms. The molecule has 0 radical (unpaired) electrons. The quantitative estimate of drug-likeness (QED) is 0.625. The Morgan fingerprint density at radius 2 is 2.26 bits per heavy atom. The summed E-state index contributed by atoms with van der Waals surface area (Å²) >= 11 is 0. The Hall–Kier alpha value is -2.18. The average molecular weight is 267 g/mol. The molecule has 0 spiro atoms. The molecule has 0 aliphatic rings. The highest BCUT2D eigenvalue weighted by Gasteiger charge is 2.20. The van der Waals surface area contributed by atoms with E-state index in [2.05, 4.69) is 10.3 Å². The maximum Gasteiger partial charge on any atom is 0.406 e. The average Bonchev–Trinajstić information content (AvgIpc) is 2.36. The van der Waals surface area contributed by atoms with Crippen LogP contribution in [0.15, 0.2) is 18.3 Å². The molecule has 7 nitrogen and oxygen atoms in total. The molecule has 0 atom stereocenters. The monoisotopic (exact) mass is 267 g/mol. The second kappa shape index (κ2) is 6.12. The minimum Gasteiger partial charge on any atom is -0.476 e. The van der Waals surface area contributed by atoms with Gasteiger partial charge in [-0.3, -0.25) is 4.79 Å². The van der Waals surface area contributed by atoms with Gasteiger partial charge >= 0.3 is 5.82 Å². The minimum absolute atomic E-state index is 0.0167. The third-order valence-corrected chi connectivity index (χ3v) is 2.64. The van der Waals surface area contributed by atoms with Crippen molar-refractivity contribution >= 4 is 11.7 Å². The van der Waals surface area contributed by atoms with E-state index in [0.717, 1.165) is 6.42 Å². The second-order valence-electron chi connectivity index (χ2n) is 4.66. The highest BCUT2D eigenvalue weighted by Crippen LogP contribution is 2.22. The normalized spacial score (nSPS) is 10.9. The van der Waals surface area contributed by atoms with Gasteiger partial charge in [-0.25, -0.2) is 0 Å². The van der Waals surface area contributed by atoms with E-state index in [1.54, 1.807) is 0 Å². The fourth-order valence-electron chi connectivity index (χ4n) is 1.28. The maximum absolute atomic E-state index is 11.6. The van der Waals surface area contributed by atoms with Crippen LogP contribution in [0.25, 0.3) is 0 Å². The summed E-state index contributed by atoms with van der Waals surface area (Å²) in [6.45, 7) is 5.44. The van der Waals surface area contributed by atoms with Gasteiger partial charge in [-0.2, -0.15) is 0 Å². The standard InChI is InChI=1S/C12H17N3O4/c1-4-12(2,3)14-10(16)8-19-9-6-5-7-13-11(9)15(17)18/h5-7H,4,8H2,1-3H3,(H,14,16). The van der Waals surface area contributed by atoms with E-state index >= 15 is 0 Å². The third-order valence-electron chi connectivity index (χ3n) is 2.64. The molecule has 0 aromatic carbocycles. The molecule has 7 heteroatoms. The number of amides is 1. The molecule has 1 rings (SSSR count). The van der Waals surface area contributed by atoms with Gasteiger partial charge in [0.2, 0.25) is 5.75 Å². The van der Waals surface area contributed by atoms with Crippen molar-refractivity contribution in [2.45, 2.75) is 32.7 Å². The van der Waals surface area contributed by atoms with Crippen LogP contribution in [0, 0.1) is 10.1 Å². The number of nitrogens with zero attached hydrogens (tertiary/aromatic N) is 2. The molecular formula is C12H17N3O4. The molecule has 19 heavy (non-hydrogen) atoms. The Labute approximate surface area is 111 Å². The molecule has 1 aromatic heterocycles. The first-order chi connectivity index (χ1) is 8.85.